The van der Waals surface area contributed by atoms with Crippen LogP contribution in [0.2, 0.25) is 0 Å². The van der Waals surface area contributed by atoms with Gasteiger partial charge in [-0.3, -0.25) is 0 Å². The Hall–Kier alpha value is -1.12. The van der Waals surface area contributed by atoms with E-state index in [2.05, 4.69) is 90.5 Å². The van der Waals surface area contributed by atoms with Crippen molar-refractivity contribution in [2.45, 2.75) is 32.9 Å². The summed E-state index contributed by atoms with van der Waals surface area (Å²) in [6, 6.07) is 17.7. The highest BCUT2D eigenvalue weighted by Gasteiger charge is 2.12. The fourth-order valence-corrected chi connectivity index (χ4v) is 2.65. The molecule has 0 aliphatic heterocycles. The van der Waals surface area contributed by atoms with Crippen molar-refractivity contribution in [3.8, 4) is 0 Å². The van der Waals surface area contributed by atoms with Gasteiger partial charge in [0.05, 0.1) is 0 Å². The molecule has 2 aromatic rings. The summed E-state index contributed by atoms with van der Waals surface area (Å²) in [4.78, 5) is 0. The van der Waals surface area contributed by atoms with Gasteiger partial charge in [-0.05, 0) is 49.6 Å². The number of rotatable bonds is 4. The van der Waals surface area contributed by atoms with Crippen molar-refractivity contribution in [1.82, 2.24) is 5.32 Å². The smallest absolute Gasteiger partial charge is 0.0300 e. The summed E-state index contributed by atoms with van der Waals surface area (Å²) in [6.07, 6.45) is 0. The third-order valence-electron chi connectivity index (χ3n) is 3.52. The third-order valence-corrected chi connectivity index (χ3v) is 4.05. The number of halogens is 1. The van der Waals surface area contributed by atoms with Crippen LogP contribution in [0.1, 0.15) is 42.6 Å². The zero-order valence-corrected chi connectivity index (χ0v) is 13.2. The molecule has 1 unspecified atom stereocenters. The minimum Gasteiger partial charge on any atom is -0.304 e. The molecular formula is C17H20BrN. The zero-order valence-electron chi connectivity index (χ0n) is 11.7. The normalized spacial score (nSPS) is 14.1. The van der Waals surface area contributed by atoms with E-state index in [1.165, 1.54) is 16.7 Å². The van der Waals surface area contributed by atoms with E-state index in [1.807, 2.05) is 0 Å². The maximum Gasteiger partial charge on any atom is 0.0300 e. The summed E-state index contributed by atoms with van der Waals surface area (Å²) < 4.78 is 1.12. The summed E-state index contributed by atoms with van der Waals surface area (Å²) in [6.45, 7) is 6.59. The van der Waals surface area contributed by atoms with E-state index in [9.17, 15) is 0 Å². The van der Waals surface area contributed by atoms with Gasteiger partial charge in [0.1, 0.15) is 0 Å². The predicted octanol–water partition coefficient (Wildman–Crippen LogP) is 5.17. The van der Waals surface area contributed by atoms with Crippen LogP contribution >= 0.6 is 15.9 Å². The van der Waals surface area contributed by atoms with Crippen LogP contribution in [-0.4, -0.2) is 0 Å². The van der Waals surface area contributed by atoms with Crippen LogP contribution in [-0.2, 0) is 0 Å². The van der Waals surface area contributed by atoms with Crippen molar-refractivity contribution in [1.29, 1.82) is 0 Å². The molecule has 0 heterocycles. The first kappa shape index (κ1) is 14.3. The molecule has 2 heteroatoms. The van der Waals surface area contributed by atoms with E-state index in [4.69, 9.17) is 0 Å². The first-order valence-corrected chi connectivity index (χ1v) is 7.44. The summed E-state index contributed by atoms with van der Waals surface area (Å²) in [5, 5.41) is 3.66. The van der Waals surface area contributed by atoms with Crippen LogP contribution in [0.15, 0.2) is 53.0 Å². The van der Waals surface area contributed by atoms with E-state index in [1.54, 1.807) is 0 Å². The van der Waals surface area contributed by atoms with Crippen molar-refractivity contribution in [3.05, 3.63) is 69.7 Å². The summed E-state index contributed by atoms with van der Waals surface area (Å²) in [5.41, 5.74) is 4.01. The molecule has 1 nitrogen and oxygen atoms in total. The van der Waals surface area contributed by atoms with E-state index < -0.39 is 0 Å². The lowest BCUT2D eigenvalue weighted by Gasteiger charge is -2.22. The molecule has 0 saturated carbocycles. The van der Waals surface area contributed by atoms with Gasteiger partial charge >= 0.3 is 0 Å². The van der Waals surface area contributed by atoms with Crippen LogP contribution in [0.3, 0.4) is 0 Å². The first-order chi connectivity index (χ1) is 9.08. The highest BCUT2D eigenvalue weighted by Crippen LogP contribution is 2.22. The van der Waals surface area contributed by atoms with Gasteiger partial charge in [-0.1, -0.05) is 52.3 Å². The maximum atomic E-state index is 3.66. The van der Waals surface area contributed by atoms with Gasteiger partial charge in [0.2, 0.25) is 0 Å². The number of hydrogen-bond acceptors (Lipinski definition) is 1. The Balaban J connectivity index is 2.08. The molecule has 100 valence electrons. The SMILES string of the molecule is Cc1ccccc1[C@@H](C)NC(C)c1ccc(Br)cc1. The molecule has 0 radical (unpaired) electrons. The number of benzene rings is 2. The molecular weight excluding hydrogens is 298 g/mol. The molecule has 2 rings (SSSR count). The largest absolute Gasteiger partial charge is 0.304 e. The Morgan fingerprint density at radius 1 is 0.895 bits per heavy atom. The highest BCUT2D eigenvalue weighted by molar-refractivity contribution is 9.10. The molecule has 2 atom stereocenters. The maximum absolute atomic E-state index is 3.66. The Morgan fingerprint density at radius 3 is 2.16 bits per heavy atom. The molecule has 0 fully saturated rings. The Kier molecular flexibility index (Phi) is 4.78. The summed E-state index contributed by atoms with van der Waals surface area (Å²) in [5.74, 6) is 0. The minimum atomic E-state index is 0.336. The van der Waals surface area contributed by atoms with Crippen LogP contribution in [0.4, 0.5) is 0 Å². The average Bonchev–Trinajstić information content (AvgIpc) is 2.39. The second-order valence-electron chi connectivity index (χ2n) is 5.02. The molecule has 0 amide bonds. The highest BCUT2D eigenvalue weighted by atomic mass is 79.9. The zero-order chi connectivity index (χ0) is 13.8. The Bertz CT molecular complexity index is 533. The first-order valence-electron chi connectivity index (χ1n) is 6.65. The van der Waals surface area contributed by atoms with Crippen molar-refractivity contribution in [2.24, 2.45) is 0 Å². The molecule has 0 aliphatic carbocycles. The average molecular weight is 318 g/mol. The standard InChI is InChI=1S/C17H20BrN/c1-12-6-4-5-7-17(12)14(3)19-13(2)15-8-10-16(18)11-9-15/h4-11,13-14,19H,1-3H3/t13?,14-/m1/s1. The van der Waals surface area contributed by atoms with Crippen molar-refractivity contribution >= 4 is 15.9 Å². The lowest BCUT2D eigenvalue weighted by atomic mass is 10.0. The molecule has 0 saturated heterocycles. The third kappa shape index (κ3) is 3.68. The van der Waals surface area contributed by atoms with E-state index in [0.717, 1.165) is 4.47 Å². The van der Waals surface area contributed by atoms with E-state index in [0.29, 0.717) is 12.1 Å². The second-order valence-corrected chi connectivity index (χ2v) is 5.93. The number of nitrogens with one attached hydrogen (secondary N) is 1. The Labute approximate surface area is 124 Å². The Morgan fingerprint density at radius 2 is 1.53 bits per heavy atom. The number of aryl methyl sites for hydroxylation is 1. The van der Waals surface area contributed by atoms with E-state index >= 15 is 0 Å². The monoisotopic (exact) mass is 317 g/mol. The fraction of sp³-hybridized carbons (Fsp3) is 0.294. The minimum absolute atomic E-state index is 0.336. The van der Waals surface area contributed by atoms with Crippen LogP contribution < -0.4 is 5.32 Å². The molecule has 1 N–H and O–H groups in total. The summed E-state index contributed by atoms with van der Waals surface area (Å²) in [7, 11) is 0. The molecule has 0 aromatic heterocycles. The van der Waals surface area contributed by atoms with Crippen molar-refractivity contribution < 1.29 is 0 Å². The molecule has 0 bridgehead atoms. The van der Waals surface area contributed by atoms with E-state index in [-0.39, 0.29) is 0 Å². The van der Waals surface area contributed by atoms with Crippen LogP contribution in [0.5, 0.6) is 0 Å². The van der Waals surface area contributed by atoms with Gasteiger partial charge < -0.3 is 5.32 Å². The fourth-order valence-electron chi connectivity index (χ4n) is 2.39. The molecule has 0 spiro atoms. The molecule has 0 aliphatic rings. The van der Waals surface area contributed by atoms with Crippen LogP contribution in [0.25, 0.3) is 0 Å². The van der Waals surface area contributed by atoms with Gasteiger partial charge in [-0.15, -0.1) is 0 Å². The van der Waals surface area contributed by atoms with Gasteiger partial charge in [0.25, 0.3) is 0 Å². The van der Waals surface area contributed by atoms with Crippen LogP contribution in [0, 0.1) is 6.92 Å². The quantitative estimate of drug-likeness (QED) is 0.820. The van der Waals surface area contributed by atoms with Gasteiger partial charge in [0.15, 0.2) is 0 Å². The second kappa shape index (κ2) is 6.36. The van der Waals surface area contributed by atoms with Gasteiger partial charge in [-0.2, -0.15) is 0 Å². The molecule has 19 heavy (non-hydrogen) atoms. The lowest BCUT2D eigenvalue weighted by molar-refractivity contribution is 0.493. The van der Waals surface area contributed by atoms with Crippen molar-refractivity contribution in [3.63, 3.8) is 0 Å². The predicted molar refractivity (Wildman–Crippen MR) is 85.3 cm³/mol. The van der Waals surface area contributed by atoms with Crippen molar-refractivity contribution in [2.75, 3.05) is 0 Å². The van der Waals surface area contributed by atoms with Gasteiger partial charge in [-0.25, -0.2) is 0 Å². The topological polar surface area (TPSA) is 12.0 Å². The summed E-state index contributed by atoms with van der Waals surface area (Å²) >= 11 is 3.47. The van der Waals surface area contributed by atoms with Gasteiger partial charge in [0, 0.05) is 16.6 Å². The number of hydrogen-bond donors (Lipinski definition) is 1. The molecule has 2 aromatic carbocycles. The lowest BCUT2D eigenvalue weighted by Crippen LogP contribution is -2.23.